The van der Waals surface area contributed by atoms with Gasteiger partial charge in [0.1, 0.15) is 11.5 Å². The second-order valence-electron chi connectivity index (χ2n) is 7.53. The molecule has 0 amide bonds. The first-order chi connectivity index (χ1) is 15.1. The Hall–Kier alpha value is -3.64. The summed E-state index contributed by atoms with van der Waals surface area (Å²) in [7, 11) is 2.00. The monoisotopic (exact) mass is 425 g/mol. The number of nitrogens with one attached hydrogen (secondary N) is 2. The first-order valence-electron chi connectivity index (χ1n) is 10.1. The Bertz CT molecular complexity index is 1530. The zero-order valence-corrected chi connectivity index (χ0v) is 18.5. The van der Waals surface area contributed by atoms with Gasteiger partial charge in [-0.25, -0.2) is 4.98 Å². The van der Waals surface area contributed by atoms with Crippen LogP contribution in [0.1, 0.15) is 18.4 Å². The number of nitrogens with zero attached hydrogens (tertiary/aromatic N) is 3. The molecule has 0 aliphatic heterocycles. The van der Waals surface area contributed by atoms with E-state index in [2.05, 4.69) is 74.6 Å². The van der Waals surface area contributed by atoms with E-state index in [-0.39, 0.29) is 0 Å². The minimum absolute atomic E-state index is 0.876. The number of fused-ring (bicyclic) bond motifs is 1. The summed E-state index contributed by atoms with van der Waals surface area (Å²) < 4.78 is 2.05. The molecule has 2 N–H and O–H groups in total. The highest BCUT2D eigenvalue weighted by Crippen LogP contribution is 2.33. The molecule has 0 aliphatic rings. The molecule has 5 rings (SSSR count). The third-order valence-corrected chi connectivity index (χ3v) is 6.60. The molecule has 0 spiro atoms. The second-order valence-corrected chi connectivity index (χ2v) is 8.48. The van der Waals surface area contributed by atoms with Crippen LogP contribution < -0.4 is 10.6 Å². The lowest BCUT2D eigenvalue weighted by molar-refractivity contribution is 0.847. The Morgan fingerprint density at radius 3 is 2.81 bits per heavy atom. The van der Waals surface area contributed by atoms with Crippen LogP contribution in [0.5, 0.6) is 0 Å². The van der Waals surface area contributed by atoms with Gasteiger partial charge in [0.25, 0.3) is 0 Å². The number of rotatable bonds is 4. The van der Waals surface area contributed by atoms with Crippen molar-refractivity contribution in [3.05, 3.63) is 76.6 Å². The van der Waals surface area contributed by atoms with Gasteiger partial charge < -0.3 is 9.55 Å². The van der Waals surface area contributed by atoms with Crippen molar-refractivity contribution in [1.29, 1.82) is 0 Å². The van der Waals surface area contributed by atoms with Gasteiger partial charge in [-0.1, -0.05) is 30.9 Å². The summed E-state index contributed by atoms with van der Waals surface area (Å²) in [4.78, 5) is 9.22. The predicted octanol–water partition coefficient (Wildman–Crippen LogP) is 4.62. The summed E-state index contributed by atoms with van der Waals surface area (Å²) in [5.41, 5.74) is 6.06. The lowest BCUT2D eigenvalue weighted by Gasteiger charge is -2.02. The molecule has 4 aromatic heterocycles. The number of aromatic amines is 2. The number of allylic oxidation sites excluding steroid dienone is 1. The summed E-state index contributed by atoms with van der Waals surface area (Å²) in [6, 6.07) is 12.8. The van der Waals surface area contributed by atoms with Crippen molar-refractivity contribution in [3.63, 3.8) is 0 Å². The Kier molecular flexibility index (Phi) is 4.71. The molecule has 5 nitrogen and oxygen atoms in total. The summed E-state index contributed by atoms with van der Waals surface area (Å²) in [6.07, 6.45) is 5.97. The average molecular weight is 426 g/mol. The standard InChI is InChI=1S/C25H23N5S/c1-5-20-19(12-15(2)23-14-26-16(3)30(23)4)25(29-28-20)22-13-18-17(24-10-7-11-31-24)8-6-9-21(18)27-22/h5-14,27-28H,2H2,1,3-4H3/b19-12+,20-5+. The van der Waals surface area contributed by atoms with Gasteiger partial charge in [0.2, 0.25) is 0 Å². The molecule has 0 fully saturated rings. The van der Waals surface area contributed by atoms with Crippen molar-refractivity contribution in [1.82, 2.24) is 24.7 Å². The molecule has 0 radical (unpaired) electrons. The summed E-state index contributed by atoms with van der Waals surface area (Å²) in [6.45, 7) is 8.29. The van der Waals surface area contributed by atoms with Crippen molar-refractivity contribution < 1.29 is 0 Å². The Balaban J connectivity index is 1.68. The van der Waals surface area contributed by atoms with Crippen LogP contribution in [0, 0.1) is 6.92 Å². The lowest BCUT2D eigenvalue weighted by atomic mass is 10.1. The summed E-state index contributed by atoms with van der Waals surface area (Å²) in [5, 5.41) is 13.1. The summed E-state index contributed by atoms with van der Waals surface area (Å²) >= 11 is 1.75. The average Bonchev–Trinajstić information content (AvgIpc) is 3.55. The molecule has 31 heavy (non-hydrogen) atoms. The van der Waals surface area contributed by atoms with E-state index in [9.17, 15) is 0 Å². The fourth-order valence-corrected chi connectivity index (χ4v) is 4.68. The van der Waals surface area contributed by atoms with Gasteiger partial charge in [0, 0.05) is 33.6 Å². The fraction of sp³-hybridized carbons (Fsp3) is 0.120. The number of benzene rings is 1. The molecule has 0 atom stereocenters. The number of imidazole rings is 1. The highest BCUT2D eigenvalue weighted by Gasteiger charge is 2.13. The van der Waals surface area contributed by atoms with Gasteiger partial charge in [-0.3, -0.25) is 5.10 Å². The van der Waals surface area contributed by atoms with Crippen LogP contribution in [0.15, 0.2) is 54.6 Å². The number of thiophene rings is 1. The molecule has 4 heterocycles. The first-order valence-corrected chi connectivity index (χ1v) is 11.0. The molecule has 0 saturated carbocycles. The largest absolute Gasteiger partial charge is 0.353 e. The minimum Gasteiger partial charge on any atom is -0.353 e. The maximum absolute atomic E-state index is 4.64. The van der Waals surface area contributed by atoms with E-state index >= 15 is 0 Å². The molecular formula is C25H23N5S. The van der Waals surface area contributed by atoms with E-state index in [0.717, 1.165) is 44.6 Å². The lowest BCUT2D eigenvalue weighted by Crippen LogP contribution is -2.23. The van der Waals surface area contributed by atoms with Crippen LogP contribution >= 0.6 is 11.3 Å². The van der Waals surface area contributed by atoms with Crippen LogP contribution in [0.3, 0.4) is 0 Å². The number of aromatic nitrogens is 5. The normalized spacial score (nSPS) is 12.9. The van der Waals surface area contributed by atoms with E-state index < -0.39 is 0 Å². The van der Waals surface area contributed by atoms with Gasteiger partial charge in [0.15, 0.2) is 0 Å². The molecular weight excluding hydrogens is 402 g/mol. The molecule has 6 heteroatoms. The number of H-pyrrole nitrogens is 2. The SMILES string of the molecule is C=C(/C=c1/c(-c2cc3c(-c4cccs4)cccc3[nH]2)n[nH]/c1=C/C)c1cnc(C)n1C. The van der Waals surface area contributed by atoms with Gasteiger partial charge in [-0.2, -0.15) is 5.10 Å². The maximum atomic E-state index is 4.64. The van der Waals surface area contributed by atoms with Crippen LogP contribution in [0.4, 0.5) is 0 Å². The van der Waals surface area contributed by atoms with Crippen molar-refractivity contribution in [2.75, 3.05) is 0 Å². The molecule has 0 unspecified atom stereocenters. The maximum Gasteiger partial charge on any atom is 0.116 e. The molecule has 1 aromatic carbocycles. The Morgan fingerprint density at radius 1 is 1.23 bits per heavy atom. The van der Waals surface area contributed by atoms with Crippen molar-refractivity contribution >= 4 is 40.0 Å². The second kappa shape index (κ2) is 7.56. The molecule has 5 aromatic rings. The predicted molar refractivity (Wildman–Crippen MR) is 130 cm³/mol. The van der Waals surface area contributed by atoms with Crippen molar-refractivity contribution in [2.45, 2.75) is 13.8 Å². The highest BCUT2D eigenvalue weighted by atomic mass is 32.1. The van der Waals surface area contributed by atoms with E-state index in [1.54, 1.807) is 11.3 Å². The quantitative estimate of drug-likeness (QED) is 0.441. The van der Waals surface area contributed by atoms with Crippen LogP contribution in [0.25, 0.3) is 50.5 Å². The molecule has 0 bridgehead atoms. The van der Waals surface area contributed by atoms with Gasteiger partial charge in [-0.15, -0.1) is 11.3 Å². The first kappa shape index (κ1) is 19.3. The number of aryl methyl sites for hydroxylation is 1. The van der Waals surface area contributed by atoms with Crippen LogP contribution in [-0.2, 0) is 7.05 Å². The highest BCUT2D eigenvalue weighted by molar-refractivity contribution is 7.13. The minimum atomic E-state index is 0.876. The van der Waals surface area contributed by atoms with E-state index in [1.807, 2.05) is 37.7 Å². The van der Waals surface area contributed by atoms with Crippen molar-refractivity contribution in [3.8, 4) is 21.8 Å². The van der Waals surface area contributed by atoms with E-state index in [0.29, 0.717) is 0 Å². The smallest absolute Gasteiger partial charge is 0.116 e. The van der Waals surface area contributed by atoms with E-state index in [1.165, 1.54) is 15.8 Å². The number of hydrogen-bond donors (Lipinski definition) is 2. The third kappa shape index (κ3) is 3.25. The zero-order chi connectivity index (χ0) is 21.5. The third-order valence-electron chi connectivity index (χ3n) is 5.70. The van der Waals surface area contributed by atoms with Crippen LogP contribution in [-0.4, -0.2) is 24.7 Å². The Morgan fingerprint density at radius 2 is 2.10 bits per heavy atom. The topological polar surface area (TPSA) is 62.3 Å². The fourth-order valence-electron chi connectivity index (χ4n) is 3.91. The van der Waals surface area contributed by atoms with Gasteiger partial charge >= 0.3 is 0 Å². The molecule has 0 aliphatic carbocycles. The van der Waals surface area contributed by atoms with E-state index in [4.69, 9.17) is 0 Å². The zero-order valence-electron chi connectivity index (χ0n) is 17.7. The van der Waals surface area contributed by atoms with Gasteiger partial charge in [0.05, 0.1) is 22.9 Å². The molecule has 0 saturated heterocycles. The summed E-state index contributed by atoms with van der Waals surface area (Å²) in [5.74, 6) is 0.955. The Labute approximate surface area is 184 Å². The van der Waals surface area contributed by atoms with Gasteiger partial charge in [-0.05, 0) is 49.1 Å². The molecule has 154 valence electrons. The van der Waals surface area contributed by atoms with Crippen molar-refractivity contribution in [2.24, 2.45) is 7.05 Å². The number of hydrogen-bond acceptors (Lipinski definition) is 3. The van der Waals surface area contributed by atoms with Crippen LogP contribution in [0.2, 0.25) is 0 Å².